The van der Waals surface area contributed by atoms with Crippen LogP contribution in [0, 0.1) is 6.92 Å². The zero-order valence-corrected chi connectivity index (χ0v) is 22.5. The van der Waals surface area contributed by atoms with Gasteiger partial charge in [-0.1, -0.05) is 18.5 Å². The predicted octanol–water partition coefficient (Wildman–Crippen LogP) is 7.27. The third kappa shape index (κ3) is 6.17. The summed E-state index contributed by atoms with van der Waals surface area (Å²) >= 11 is 6.21. The molecule has 1 atom stereocenters. The SMILES string of the molecule is CCC(c1cc(C(F)(F)F)cc(C(F)(F)F)c1)n1cc(Cl)cc(C(=O)c2ccc(-n3cnc(C)c3)c(OC)c2)c1=O. The first-order chi connectivity index (χ1) is 19.1. The molecule has 4 aromatic rings. The van der Waals surface area contributed by atoms with Crippen LogP contribution in [-0.4, -0.2) is 27.0 Å². The molecule has 2 heterocycles. The number of halogens is 7. The maximum Gasteiger partial charge on any atom is 0.416 e. The van der Waals surface area contributed by atoms with Crippen LogP contribution in [0.1, 0.15) is 57.7 Å². The van der Waals surface area contributed by atoms with Crippen molar-refractivity contribution in [1.82, 2.24) is 14.1 Å². The van der Waals surface area contributed by atoms with E-state index in [1.807, 2.05) is 0 Å². The third-order valence-corrected chi connectivity index (χ3v) is 6.61. The van der Waals surface area contributed by atoms with Gasteiger partial charge in [-0.25, -0.2) is 4.98 Å². The standard InChI is InChI=1S/C28H22ClF6N3O3/c1-4-22(17-7-18(27(30,31)32)10-19(8-17)28(33,34)35)38-13-20(29)11-21(26(38)40)25(39)16-5-6-23(24(9-16)41-3)37-12-15(2)36-14-37/h5-14,22H,4H2,1-3H3. The molecule has 0 amide bonds. The van der Waals surface area contributed by atoms with Gasteiger partial charge in [0.1, 0.15) is 5.75 Å². The normalized spacial score (nSPS) is 12.8. The Morgan fingerprint density at radius 2 is 1.63 bits per heavy atom. The second-order valence-electron chi connectivity index (χ2n) is 9.19. The van der Waals surface area contributed by atoms with Crippen LogP contribution in [0.15, 0.2) is 66.0 Å². The van der Waals surface area contributed by atoms with Crippen molar-refractivity contribution >= 4 is 17.4 Å². The molecule has 1 unspecified atom stereocenters. The van der Waals surface area contributed by atoms with E-state index < -0.39 is 52.0 Å². The number of hydrogen-bond acceptors (Lipinski definition) is 4. The van der Waals surface area contributed by atoms with Gasteiger partial charge in [0.25, 0.3) is 5.56 Å². The molecular weight excluding hydrogens is 576 g/mol. The molecule has 0 aliphatic heterocycles. The molecule has 0 fully saturated rings. The Balaban J connectivity index is 1.82. The molecule has 0 spiro atoms. The van der Waals surface area contributed by atoms with Gasteiger partial charge in [0.15, 0.2) is 5.78 Å². The molecule has 0 saturated carbocycles. The number of alkyl halides is 6. The van der Waals surface area contributed by atoms with E-state index in [1.165, 1.54) is 26.2 Å². The predicted molar refractivity (Wildman–Crippen MR) is 139 cm³/mol. The molecule has 0 aliphatic rings. The van der Waals surface area contributed by atoms with Crippen molar-refractivity contribution in [1.29, 1.82) is 0 Å². The summed E-state index contributed by atoms with van der Waals surface area (Å²) in [6.45, 7) is 3.27. The average Bonchev–Trinajstić information content (AvgIpc) is 3.34. The number of pyridine rings is 1. The van der Waals surface area contributed by atoms with E-state index in [0.29, 0.717) is 17.8 Å². The summed E-state index contributed by atoms with van der Waals surface area (Å²) in [6, 6.07) is 5.34. The van der Waals surface area contributed by atoms with E-state index in [-0.39, 0.29) is 28.8 Å². The number of hydrogen-bond donors (Lipinski definition) is 0. The summed E-state index contributed by atoms with van der Waals surface area (Å²) in [5.74, 6) is -0.488. The number of carbonyl (C=O) groups excluding carboxylic acids is 1. The minimum atomic E-state index is -5.07. The first-order valence-corrected chi connectivity index (χ1v) is 12.5. The third-order valence-electron chi connectivity index (χ3n) is 6.40. The second kappa shape index (κ2) is 11.1. The molecule has 0 N–H and O–H groups in total. The van der Waals surface area contributed by atoms with Crippen LogP contribution in [0.3, 0.4) is 0 Å². The van der Waals surface area contributed by atoms with Gasteiger partial charge in [-0.2, -0.15) is 26.3 Å². The Morgan fingerprint density at radius 1 is 1.00 bits per heavy atom. The lowest BCUT2D eigenvalue weighted by molar-refractivity contribution is -0.143. The van der Waals surface area contributed by atoms with Crippen molar-refractivity contribution in [2.24, 2.45) is 0 Å². The van der Waals surface area contributed by atoms with Crippen molar-refractivity contribution in [3.63, 3.8) is 0 Å². The number of aryl methyl sites for hydroxylation is 1. The van der Waals surface area contributed by atoms with Crippen LogP contribution in [0.2, 0.25) is 5.02 Å². The second-order valence-corrected chi connectivity index (χ2v) is 9.62. The highest BCUT2D eigenvalue weighted by Gasteiger charge is 2.38. The van der Waals surface area contributed by atoms with E-state index in [4.69, 9.17) is 16.3 Å². The largest absolute Gasteiger partial charge is 0.495 e. The topological polar surface area (TPSA) is 66.1 Å². The smallest absolute Gasteiger partial charge is 0.416 e. The van der Waals surface area contributed by atoms with Crippen molar-refractivity contribution in [2.45, 2.75) is 38.7 Å². The Bertz CT molecular complexity index is 1640. The zero-order valence-electron chi connectivity index (χ0n) is 21.8. The highest BCUT2D eigenvalue weighted by Crippen LogP contribution is 2.38. The lowest BCUT2D eigenvalue weighted by Gasteiger charge is -2.23. The molecule has 2 aromatic heterocycles. The van der Waals surface area contributed by atoms with E-state index >= 15 is 0 Å². The number of methoxy groups -OCH3 is 1. The van der Waals surface area contributed by atoms with Crippen molar-refractivity contribution in [3.05, 3.63) is 110 Å². The summed E-state index contributed by atoms with van der Waals surface area (Å²) < 4.78 is 88.9. The van der Waals surface area contributed by atoms with Gasteiger partial charge < -0.3 is 13.9 Å². The molecule has 0 aliphatic carbocycles. The van der Waals surface area contributed by atoms with Crippen LogP contribution >= 0.6 is 11.6 Å². The number of ether oxygens (including phenoxy) is 1. The molecule has 0 radical (unpaired) electrons. The average molecular weight is 598 g/mol. The van der Waals surface area contributed by atoms with Gasteiger partial charge in [-0.05, 0) is 61.4 Å². The quantitative estimate of drug-likeness (QED) is 0.166. The van der Waals surface area contributed by atoms with Crippen LogP contribution in [0.5, 0.6) is 5.75 Å². The zero-order chi connectivity index (χ0) is 30.3. The molecule has 4 rings (SSSR count). The Morgan fingerprint density at radius 3 is 2.15 bits per heavy atom. The van der Waals surface area contributed by atoms with Crippen molar-refractivity contribution in [3.8, 4) is 11.4 Å². The molecule has 13 heteroatoms. The van der Waals surface area contributed by atoms with Crippen LogP contribution in [0.4, 0.5) is 26.3 Å². The van der Waals surface area contributed by atoms with Gasteiger partial charge in [-0.3, -0.25) is 9.59 Å². The van der Waals surface area contributed by atoms with E-state index in [1.54, 1.807) is 30.1 Å². The highest BCUT2D eigenvalue weighted by atomic mass is 35.5. The maximum absolute atomic E-state index is 13.5. The Labute approximate surface area is 234 Å². The molecule has 0 bridgehead atoms. The number of rotatable bonds is 7. The summed E-state index contributed by atoms with van der Waals surface area (Å²) in [6.07, 6.45) is -5.87. The Kier molecular flexibility index (Phi) is 8.08. The van der Waals surface area contributed by atoms with E-state index in [0.717, 1.165) is 22.5 Å². The maximum atomic E-state index is 13.5. The lowest BCUT2D eigenvalue weighted by atomic mass is 9.97. The fourth-order valence-corrected chi connectivity index (χ4v) is 4.68. The number of ketones is 1. The fourth-order valence-electron chi connectivity index (χ4n) is 4.47. The number of aromatic nitrogens is 3. The van der Waals surface area contributed by atoms with Crippen LogP contribution in [0.25, 0.3) is 5.69 Å². The van der Waals surface area contributed by atoms with Crippen molar-refractivity contribution < 1.29 is 35.9 Å². The summed E-state index contributed by atoms with van der Waals surface area (Å²) in [4.78, 5) is 31.1. The van der Waals surface area contributed by atoms with Crippen LogP contribution in [-0.2, 0) is 12.4 Å². The Hall–Kier alpha value is -4.06. The number of nitrogens with zero attached hydrogens (tertiary/aromatic N) is 3. The van der Waals surface area contributed by atoms with Crippen molar-refractivity contribution in [2.75, 3.05) is 7.11 Å². The van der Waals surface area contributed by atoms with Crippen LogP contribution < -0.4 is 10.3 Å². The molecule has 0 saturated heterocycles. The van der Waals surface area contributed by atoms with Gasteiger partial charge in [0, 0.05) is 18.0 Å². The fraction of sp³-hybridized carbons (Fsp3) is 0.250. The minimum absolute atomic E-state index is 0.00801. The first kappa shape index (κ1) is 29.9. The molecular formula is C28H22ClF6N3O3. The summed E-state index contributed by atoms with van der Waals surface area (Å²) in [5.41, 5.74) is -3.49. The number of imidazole rings is 1. The number of benzene rings is 2. The van der Waals surface area contributed by atoms with E-state index in [2.05, 4.69) is 4.98 Å². The minimum Gasteiger partial charge on any atom is -0.495 e. The molecule has 41 heavy (non-hydrogen) atoms. The van der Waals surface area contributed by atoms with E-state index in [9.17, 15) is 35.9 Å². The first-order valence-electron chi connectivity index (χ1n) is 12.1. The van der Waals surface area contributed by atoms with Gasteiger partial charge >= 0.3 is 12.4 Å². The molecule has 2 aromatic carbocycles. The summed E-state index contributed by atoms with van der Waals surface area (Å²) in [5, 5.41) is -0.119. The highest BCUT2D eigenvalue weighted by molar-refractivity contribution is 6.31. The van der Waals surface area contributed by atoms with Gasteiger partial charge in [0.2, 0.25) is 0 Å². The summed E-state index contributed by atoms with van der Waals surface area (Å²) in [7, 11) is 1.39. The number of carbonyl (C=O) groups is 1. The van der Waals surface area contributed by atoms with Gasteiger partial charge in [-0.15, -0.1) is 0 Å². The van der Waals surface area contributed by atoms with Gasteiger partial charge in [0.05, 0.1) is 52.6 Å². The monoisotopic (exact) mass is 597 g/mol. The molecule has 216 valence electrons. The lowest BCUT2D eigenvalue weighted by Crippen LogP contribution is -2.30. The molecule has 6 nitrogen and oxygen atoms in total.